The lowest BCUT2D eigenvalue weighted by molar-refractivity contribution is 0.717. The van der Waals surface area contributed by atoms with E-state index in [2.05, 4.69) is 20.3 Å². The fourth-order valence-electron chi connectivity index (χ4n) is 0.952. The lowest BCUT2D eigenvalue weighted by Crippen LogP contribution is -1.97. The Kier molecular flexibility index (Phi) is 1.94. The van der Waals surface area contributed by atoms with Crippen LogP contribution in [0.5, 0.6) is 0 Å². The van der Waals surface area contributed by atoms with Crippen molar-refractivity contribution in [2.24, 2.45) is 7.05 Å². The van der Waals surface area contributed by atoms with Gasteiger partial charge in [0.25, 0.3) is 0 Å². The minimum Gasteiger partial charge on any atom is -0.245 e. The quantitative estimate of drug-likeness (QED) is 0.636. The molecule has 13 heavy (non-hydrogen) atoms. The van der Waals surface area contributed by atoms with Crippen molar-refractivity contribution in [3.8, 4) is 11.5 Å². The molecule has 0 fully saturated rings. The number of halogens is 1. The zero-order valence-electron chi connectivity index (χ0n) is 6.85. The van der Waals surface area contributed by atoms with E-state index in [-0.39, 0.29) is 0 Å². The zero-order valence-corrected chi connectivity index (χ0v) is 7.60. The summed E-state index contributed by atoms with van der Waals surface area (Å²) in [5.74, 6) is 0.528. The molecule has 6 heteroatoms. The molecule has 0 saturated carbocycles. The second kappa shape index (κ2) is 3.10. The molecule has 0 radical (unpaired) electrons. The summed E-state index contributed by atoms with van der Waals surface area (Å²) in [5.41, 5.74) is 0.738. The summed E-state index contributed by atoms with van der Waals surface area (Å²) in [7, 11) is 1.77. The fourth-order valence-corrected chi connectivity index (χ4v) is 1.09. The number of aryl methyl sites for hydroxylation is 1. The van der Waals surface area contributed by atoms with Gasteiger partial charge in [0.2, 0.25) is 0 Å². The molecule has 0 atom stereocenters. The third-order valence-electron chi connectivity index (χ3n) is 1.57. The van der Waals surface area contributed by atoms with E-state index in [0.717, 1.165) is 5.69 Å². The molecule has 2 rings (SSSR count). The van der Waals surface area contributed by atoms with Crippen LogP contribution in [0.2, 0.25) is 5.15 Å². The van der Waals surface area contributed by atoms with E-state index in [4.69, 9.17) is 11.6 Å². The van der Waals surface area contributed by atoms with Gasteiger partial charge in [0.1, 0.15) is 10.8 Å². The van der Waals surface area contributed by atoms with Crippen molar-refractivity contribution in [3.05, 3.63) is 23.6 Å². The van der Waals surface area contributed by atoms with E-state index < -0.39 is 0 Å². The van der Waals surface area contributed by atoms with E-state index in [0.29, 0.717) is 11.0 Å². The lowest BCUT2D eigenvalue weighted by Gasteiger charge is -1.97. The van der Waals surface area contributed by atoms with E-state index in [9.17, 15) is 0 Å². The Morgan fingerprint density at radius 3 is 2.92 bits per heavy atom. The molecule has 0 aliphatic heterocycles. The maximum absolute atomic E-state index is 5.71. The molecule has 5 nitrogen and oxygen atoms in total. The van der Waals surface area contributed by atoms with Gasteiger partial charge in [-0.05, 0) is 6.07 Å². The summed E-state index contributed by atoms with van der Waals surface area (Å²) < 4.78 is 1.59. The number of rotatable bonds is 1. The molecule has 0 spiro atoms. The van der Waals surface area contributed by atoms with Gasteiger partial charge in [-0.3, -0.25) is 0 Å². The summed E-state index contributed by atoms with van der Waals surface area (Å²) in [4.78, 5) is 8.08. The van der Waals surface area contributed by atoms with Crippen molar-refractivity contribution < 1.29 is 0 Å². The third-order valence-corrected chi connectivity index (χ3v) is 1.78. The Hall–Kier alpha value is -1.49. The van der Waals surface area contributed by atoms with Gasteiger partial charge in [-0.1, -0.05) is 16.8 Å². The molecule has 2 aromatic heterocycles. The topological polar surface area (TPSA) is 56.5 Å². The van der Waals surface area contributed by atoms with E-state index in [1.54, 1.807) is 30.2 Å². The average molecular weight is 196 g/mol. The smallest absolute Gasteiger partial charge is 0.180 e. The van der Waals surface area contributed by atoms with Gasteiger partial charge in [-0.25, -0.2) is 14.6 Å². The average Bonchev–Trinajstić information content (AvgIpc) is 2.51. The molecule has 2 aromatic rings. The molecule has 0 amide bonds. The fraction of sp³-hybridized carbons (Fsp3) is 0.143. The standard InChI is InChI=1S/C7H6ClN5/c1-13-5(4-10-12-13)7-9-3-2-6(8)11-7/h2-4H,1H3. The minimum atomic E-state index is 0.409. The van der Waals surface area contributed by atoms with Gasteiger partial charge in [-0.15, -0.1) is 5.10 Å². The highest BCUT2D eigenvalue weighted by atomic mass is 35.5. The third kappa shape index (κ3) is 1.50. The van der Waals surface area contributed by atoms with Crippen molar-refractivity contribution in [2.75, 3.05) is 0 Å². The maximum Gasteiger partial charge on any atom is 0.180 e. The van der Waals surface area contributed by atoms with Gasteiger partial charge in [0.15, 0.2) is 5.82 Å². The van der Waals surface area contributed by atoms with Crippen LogP contribution in [0.4, 0.5) is 0 Å². The predicted molar refractivity (Wildman–Crippen MR) is 47.0 cm³/mol. The molecule has 0 aliphatic rings. The molecular formula is C7H6ClN5. The molecule has 0 saturated heterocycles. The highest BCUT2D eigenvalue weighted by Gasteiger charge is 2.06. The van der Waals surface area contributed by atoms with Gasteiger partial charge < -0.3 is 0 Å². The first-order valence-electron chi connectivity index (χ1n) is 3.61. The lowest BCUT2D eigenvalue weighted by atomic mass is 10.4. The number of nitrogens with zero attached hydrogens (tertiary/aromatic N) is 5. The van der Waals surface area contributed by atoms with Gasteiger partial charge in [0, 0.05) is 13.2 Å². The molecular weight excluding hydrogens is 190 g/mol. The highest BCUT2D eigenvalue weighted by molar-refractivity contribution is 6.29. The predicted octanol–water partition coefficient (Wildman–Crippen LogP) is 0.925. The molecule has 0 aliphatic carbocycles. The number of hydrogen-bond donors (Lipinski definition) is 0. The largest absolute Gasteiger partial charge is 0.245 e. The molecule has 0 N–H and O–H groups in total. The Labute approximate surface area is 79.4 Å². The van der Waals surface area contributed by atoms with Crippen molar-refractivity contribution in [1.82, 2.24) is 25.0 Å². The highest BCUT2D eigenvalue weighted by Crippen LogP contribution is 2.13. The second-order valence-corrected chi connectivity index (χ2v) is 2.83. The Morgan fingerprint density at radius 2 is 2.31 bits per heavy atom. The number of aromatic nitrogens is 5. The first-order valence-corrected chi connectivity index (χ1v) is 3.99. The molecule has 66 valence electrons. The van der Waals surface area contributed by atoms with E-state index in [1.807, 2.05) is 0 Å². The zero-order chi connectivity index (χ0) is 9.26. The Balaban J connectivity index is 2.53. The summed E-state index contributed by atoms with van der Waals surface area (Å²) >= 11 is 5.71. The molecule has 0 aromatic carbocycles. The monoisotopic (exact) mass is 195 g/mol. The second-order valence-electron chi connectivity index (χ2n) is 2.45. The van der Waals surface area contributed by atoms with Crippen LogP contribution in [-0.4, -0.2) is 25.0 Å². The van der Waals surface area contributed by atoms with Crippen LogP contribution < -0.4 is 0 Å². The van der Waals surface area contributed by atoms with Crippen molar-refractivity contribution in [1.29, 1.82) is 0 Å². The Bertz CT molecular complexity index is 424. The SMILES string of the molecule is Cn1nncc1-c1nccc(Cl)n1. The summed E-state index contributed by atoms with van der Waals surface area (Å²) in [6.07, 6.45) is 3.18. The van der Waals surface area contributed by atoms with Crippen LogP contribution in [0.3, 0.4) is 0 Å². The molecule has 0 unspecified atom stereocenters. The van der Waals surface area contributed by atoms with Crippen molar-refractivity contribution in [2.45, 2.75) is 0 Å². The van der Waals surface area contributed by atoms with Crippen molar-refractivity contribution >= 4 is 11.6 Å². The van der Waals surface area contributed by atoms with Crippen LogP contribution in [-0.2, 0) is 7.05 Å². The van der Waals surface area contributed by atoms with Crippen LogP contribution in [0.25, 0.3) is 11.5 Å². The van der Waals surface area contributed by atoms with Crippen molar-refractivity contribution in [3.63, 3.8) is 0 Å². The van der Waals surface area contributed by atoms with Gasteiger partial charge in [-0.2, -0.15) is 0 Å². The molecule has 0 bridgehead atoms. The van der Waals surface area contributed by atoms with E-state index >= 15 is 0 Å². The number of hydrogen-bond acceptors (Lipinski definition) is 4. The normalized spacial score (nSPS) is 10.3. The van der Waals surface area contributed by atoms with Crippen LogP contribution >= 0.6 is 11.6 Å². The van der Waals surface area contributed by atoms with Crippen LogP contribution in [0.15, 0.2) is 18.5 Å². The Morgan fingerprint density at radius 1 is 1.46 bits per heavy atom. The first kappa shape index (κ1) is 8.12. The van der Waals surface area contributed by atoms with Crippen LogP contribution in [0, 0.1) is 0 Å². The van der Waals surface area contributed by atoms with Gasteiger partial charge in [0.05, 0.1) is 6.20 Å². The summed E-state index contributed by atoms with van der Waals surface area (Å²) in [5, 5.41) is 7.89. The van der Waals surface area contributed by atoms with Crippen LogP contribution in [0.1, 0.15) is 0 Å². The summed E-state index contributed by atoms with van der Waals surface area (Å²) in [6.45, 7) is 0. The first-order chi connectivity index (χ1) is 6.27. The summed E-state index contributed by atoms with van der Waals surface area (Å²) in [6, 6.07) is 1.62. The minimum absolute atomic E-state index is 0.409. The van der Waals surface area contributed by atoms with Gasteiger partial charge >= 0.3 is 0 Å². The molecule has 2 heterocycles. The van der Waals surface area contributed by atoms with E-state index in [1.165, 1.54) is 0 Å². The maximum atomic E-state index is 5.71.